The second kappa shape index (κ2) is 4.73. The van der Waals surface area contributed by atoms with E-state index in [0.717, 1.165) is 5.56 Å². The maximum absolute atomic E-state index is 13.3. The van der Waals surface area contributed by atoms with Gasteiger partial charge in [0.05, 0.1) is 11.8 Å². The van der Waals surface area contributed by atoms with Crippen LogP contribution < -0.4 is 0 Å². The molecule has 0 aliphatic heterocycles. The van der Waals surface area contributed by atoms with Crippen LogP contribution in [0.5, 0.6) is 5.75 Å². The van der Waals surface area contributed by atoms with Crippen LogP contribution in [0, 0.1) is 12.7 Å². The van der Waals surface area contributed by atoms with Gasteiger partial charge in [-0.1, -0.05) is 11.2 Å². The van der Waals surface area contributed by atoms with Crippen molar-refractivity contribution in [3.05, 3.63) is 48.0 Å². The second-order valence-electron chi connectivity index (χ2n) is 4.31. The van der Waals surface area contributed by atoms with Crippen LogP contribution in [0.15, 0.2) is 41.2 Å². The van der Waals surface area contributed by atoms with Gasteiger partial charge in [0, 0.05) is 11.8 Å². The van der Waals surface area contributed by atoms with E-state index in [9.17, 15) is 9.50 Å². The highest BCUT2D eigenvalue weighted by Crippen LogP contribution is 2.26. The summed E-state index contributed by atoms with van der Waals surface area (Å²) in [6, 6.07) is 5.84. The summed E-state index contributed by atoms with van der Waals surface area (Å²) in [4.78, 5) is 8.03. The quantitative estimate of drug-likeness (QED) is 0.775. The highest BCUT2D eigenvalue weighted by atomic mass is 19.1. The molecule has 0 bridgehead atoms. The molecule has 20 heavy (non-hydrogen) atoms. The Balaban J connectivity index is 2.04. The minimum Gasteiger partial charge on any atom is -0.506 e. The molecular weight excluding hydrogens is 261 g/mol. The van der Waals surface area contributed by atoms with Crippen LogP contribution >= 0.6 is 0 Å². The molecule has 5 nitrogen and oxygen atoms in total. The van der Waals surface area contributed by atoms with Crippen molar-refractivity contribution in [2.24, 2.45) is 0 Å². The van der Waals surface area contributed by atoms with Gasteiger partial charge in [0.2, 0.25) is 5.82 Å². The van der Waals surface area contributed by atoms with Gasteiger partial charge in [-0.05, 0) is 30.7 Å². The zero-order valence-corrected chi connectivity index (χ0v) is 10.5. The number of benzene rings is 1. The Morgan fingerprint density at radius 2 is 2.05 bits per heavy atom. The fourth-order valence-electron chi connectivity index (χ4n) is 1.83. The molecule has 0 saturated heterocycles. The standard InChI is InChI=1S/C14H10FN3O2/c1-8-2-3-10(15)5-12(8)13-17-14(20-18-13)9-4-11(19)7-16-6-9/h2-7,19H,1H3. The lowest BCUT2D eigenvalue weighted by Gasteiger charge is -1.99. The van der Waals surface area contributed by atoms with Crippen LogP contribution in [0.25, 0.3) is 22.8 Å². The van der Waals surface area contributed by atoms with E-state index in [1.54, 1.807) is 6.07 Å². The third-order valence-corrected chi connectivity index (χ3v) is 2.84. The van der Waals surface area contributed by atoms with E-state index in [0.29, 0.717) is 17.0 Å². The highest BCUT2D eigenvalue weighted by molar-refractivity contribution is 5.62. The minimum absolute atomic E-state index is 0.00388. The molecule has 1 N–H and O–H groups in total. The molecule has 0 aliphatic carbocycles. The Morgan fingerprint density at radius 1 is 1.20 bits per heavy atom. The molecule has 3 rings (SSSR count). The summed E-state index contributed by atoms with van der Waals surface area (Å²) in [5.74, 6) is 0.146. The predicted molar refractivity (Wildman–Crippen MR) is 69.3 cm³/mol. The highest BCUT2D eigenvalue weighted by Gasteiger charge is 2.13. The van der Waals surface area contributed by atoms with E-state index < -0.39 is 0 Å². The van der Waals surface area contributed by atoms with Gasteiger partial charge in [-0.3, -0.25) is 4.98 Å². The van der Waals surface area contributed by atoms with Crippen molar-refractivity contribution in [3.63, 3.8) is 0 Å². The van der Waals surface area contributed by atoms with Crippen molar-refractivity contribution in [1.82, 2.24) is 15.1 Å². The van der Waals surface area contributed by atoms with Crippen molar-refractivity contribution in [1.29, 1.82) is 0 Å². The first kappa shape index (κ1) is 12.3. The third kappa shape index (κ3) is 2.23. The van der Waals surface area contributed by atoms with E-state index in [1.165, 1.54) is 30.6 Å². The lowest BCUT2D eigenvalue weighted by molar-refractivity contribution is 0.431. The van der Waals surface area contributed by atoms with Crippen molar-refractivity contribution in [2.45, 2.75) is 6.92 Å². The summed E-state index contributed by atoms with van der Waals surface area (Å²) in [5, 5.41) is 13.2. The number of hydrogen-bond acceptors (Lipinski definition) is 5. The van der Waals surface area contributed by atoms with E-state index in [4.69, 9.17) is 4.52 Å². The Labute approximate surface area is 113 Å². The molecule has 2 aromatic heterocycles. The molecule has 0 amide bonds. The van der Waals surface area contributed by atoms with Crippen molar-refractivity contribution in [2.75, 3.05) is 0 Å². The Hall–Kier alpha value is -2.76. The van der Waals surface area contributed by atoms with Crippen LogP contribution in [-0.2, 0) is 0 Å². The molecule has 0 radical (unpaired) electrons. The molecule has 0 unspecified atom stereocenters. The monoisotopic (exact) mass is 271 g/mol. The number of halogens is 1. The molecule has 0 saturated carbocycles. The van der Waals surface area contributed by atoms with E-state index in [2.05, 4.69) is 15.1 Å². The summed E-state index contributed by atoms with van der Waals surface area (Å²) >= 11 is 0. The molecule has 2 heterocycles. The van der Waals surface area contributed by atoms with E-state index in [1.807, 2.05) is 6.92 Å². The zero-order chi connectivity index (χ0) is 14.1. The van der Waals surface area contributed by atoms with Crippen LogP contribution in [-0.4, -0.2) is 20.2 Å². The van der Waals surface area contributed by atoms with Gasteiger partial charge in [-0.25, -0.2) is 4.39 Å². The van der Waals surface area contributed by atoms with Gasteiger partial charge < -0.3 is 9.63 Å². The van der Waals surface area contributed by atoms with Gasteiger partial charge in [0.15, 0.2) is 0 Å². The average Bonchev–Trinajstić information content (AvgIpc) is 2.91. The van der Waals surface area contributed by atoms with Crippen molar-refractivity contribution in [3.8, 4) is 28.6 Å². The molecular formula is C14H10FN3O2. The summed E-state index contributed by atoms with van der Waals surface area (Å²) in [5.41, 5.74) is 1.90. The summed E-state index contributed by atoms with van der Waals surface area (Å²) < 4.78 is 18.4. The van der Waals surface area contributed by atoms with Gasteiger partial charge >= 0.3 is 0 Å². The summed E-state index contributed by atoms with van der Waals surface area (Å²) in [6.45, 7) is 1.83. The van der Waals surface area contributed by atoms with Gasteiger partial charge in [0.1, 0.15) is 11.6 Å². The largest absolute Gasteiger partial charge is 0.506 e. The minimum atomic E-state index is -0.365. The van der Waals surface area contributed by atoms with Gasteiger partial charge in [-0.15, -0.1) is 0 Å². The second-order valence-corrected chi connectivity index (χ2v) is 4.31. The maximum Gasteiger partial charge on any atom is 0.259 e. The van der Waals surface area contributed by atoms with Crippen molar-refractivity contribution >= 4 is 0 Å². The number of aromatic hydroxyl groups is 1. The number of hydrogen-bond donors (Lipinski definition) is 1. The average molecular weight is 271 g/mol. The predicted octanol–water partition coefficient (Wildman–Crippen LogP) is 2.95. The maximum atomic E-state index is 13.3. The topological polar surface area (TPSA) is 72.0 Å². The lowest BCUT2D eigenvalue weighted by Crippen LogP contribution is -1.87. The number of nitrogens with zero attached hydrogens (tertiary/aromatic N) is 3. The SMILES string of the molecule is Cc1ccc(F)cc1-c1noc(-c2cncc(O)c2)n1. The Kier molecular flexibility index (Phi) is 2.90. The number of pyridine rings is 1. The van der Waals surface area contributed by atoms with Gasteiger partial charge in [0.25, 0.3) is 5.89 Å². The Morgan fingerprint density at radius 3 is 2.85 bits per heavy atom. The smallest absolute Gasteiger partial charge is 0.259 e. The molecule has 6 heteroatoms. The first-order valence-corrected chi connectivity index (χ1v) is 5.88. The van der Waals surface area contributed by atoms with Crippen LogP contribution in [0.3, 0.4) is 0 Å². The molecule has 0 aliphatic rings. The molecule has 0 spiro atoms. The fraction of sp³-hybridized carbons (Fsp3) is 0.0714. The summed E-state index contributed by atoms with van der Waals surface area (Å²) in [7, 11) is 0. The van der Waals surface area contributed by atoms with Crippen LogP contribution in [0.1, 0.15) is 5.56 Å². The number of aromatic nitrogens is 3. The molecule has 0 fully saturated rings. The number of aryl methyl sites for hydroxylation is 1. The van der Waals surface area contributed by atoms with Crippen LogP contribution in [0.2, 0.25) is 0 Å². The van der Waals surface area contributed by atoms with Crippen molar-refractivity contribution < 1.29 is 14.0 Å². The number of rotatable bonds is 2. The van der Waals surface area contributed by atoms with E-state index >= 15 is 0 Å². The molecule has 3 aromatic rings. The van der Waals surface area contributed by atoms with E-state index in [-0.39, 0.29) is 17.5 Å². The first-order chi connectivity index (χ1) is 9.63. The zero-order valence-electron chi connectivity index (χ0n) is 10.5. The Bertz CT molecular complexity index is 771. The fourth-order valence-corrected chi connectivity index (χ4v) is 1.83. The van der Waals surface area contributed by atoms with Crippen LogP contribution in [0.4, 0.5) is 4.39 Å². The summed E-state index contributed by atoms with van der Waals surface area (Å²) in [6.07, 6.45) is 2.80. The first-order valence-electron chi connectivity index (χ1n) is 5.88. The molecule has 0 atom stereocenters. The normalized spacial score (nSPS) is 10.7. The molecule has 1 aromatic carbocycles. The third-order valence-electron chi connectivity index (χ3n) is 2.84. The molecule has 100 valence electrons. The lowest BCUT2D eigenvalue weighted by atomic mass is 10.1. The van der Waals surface area contributed by atoms with Gasteiger partial charge in [-0.2, -0.15) is 4.98 Å².